The van der Waals surface area contributed by atoms with Crippen LogP contribution < -0.4 is 0 Å². The van der Waals surface area contributed by atoms with Gasteiger partial charge in [-0.2, -0.15) is 0 Å². The second kappa shape index (κ2) is 4.17. The van der Waals surface area contributed by atoms with E-state index in [0.29, 0.717) is 0 Å². The molecule has 0 bridgehead atoms. The summed E-state index contributed by atoms with van der Waals surface area (Å²) >= 11 is 0. The minimum Gasteiger partial charge on any atom is -0.426 e. The van der Waals surface area contributed by atoms with Gasteiger partial charge in [0, 0.05) is 6.42 Å². The van der Waals surface area contributed by atoms with Crippen LogP contribution in [0.3, 0.4) is 0 Å². The molecule has 1 fully saturated rings. The van der Waals surface area contributed by atoms with Gasteiger partial charge in [0.25, 0.3) is 0 Å². The predicted octanol–water partition coefficient (Wildman–Crippen LogP) is 2.65. The zero-order chi connectivity index (χ0) is 10.7. The van der Waals surface area contributed by atoms with Crippen molar-refractivity contribution in [2.45, 2.75) is 12.2 Å². The van der Waals surface area contributed by atoms with Gasteiger partial charge in [0.1, 0.15) is 0 Å². The van der Waals surface area contributed by atoms with Crippen LogP contribution in [0.1, 0.15) is 11.7 Å². The van der Waals surface area contributed by atoms with Crippen molar-refractivity contribution in [2.24, 2.45) is 0 Å². The third-order valence-corrected chi connectivity index (χ3v) is 2.21. The molecule has 77 valence electrons. The second-order valence-electron chi connectivity index (χ2n) is 3.21. The number of ether oxygens (including phenoxy) is 2. The van der Waals surface area contributed by atoms with E-state index in [0.717, 1.165) is 5.56 Å². The van der Waals surface area contributed by atoms with E-state index in [4.69, 9.17) is 9.47 Å². The van der Waals surface area contributed by atoms with E-state index < -0.39 is 6.16 Å². The highest BCUT2D eigenvalue weighted by Gasteiger charge is 2.36. The summed E-state index contributed by atoms with van der Waals surface area (Å²) in [7, 11) is 0. The maximum absolute atomic E-state index is 11.0. The van der Waals surface area contributed by atoms with Crippen molar-refractivity contribution in [3.63, 3.8) is 0 Å². The standard InChI is InChI=1S/C12H11O3/c1-2-6-10-11(15-12(13)14-10)9-7-4-3-5-8-9/h2-8,10-11H,1H2. The normalized spacial score (nSPS) is 24.4. The van der Waals surface area contributed by atoms with Gasteiger partial charge in [-0.3, -0.25) is 0 Å². The number of carbonyl (C=O) groups excluding carboxylic acids is 1. The van der Waals surface area contributed by atoms with Crippen molar-refractivity contribution in [2.75, 3.05) is 0 Å². The third-order valence-electron chi connectivity index (χ3n) is 2.21. The molecule has 0 amide bonds. The van der Waals surface area contributed by atoms with Crippen molar-refractivity contribution in [3.8, 4) is 0 Å². The molecular weight excluding hydrogens is 192 g/mol. The Kier molecular flexibility index (Phi) is 2.72. The molecule has 15 heavy (non-hydrogen) atoms. The maximum Gasteiger partial charge on any atom is 0.509 e. The first kappa shape index (κ1) is 9.77. The molecule has 1 aliphatic rings. The summed E-state index contributed by atoms with van der Waals surface area (Å²) in [5, 5.41) is 0. The molecule has 2 unspecified atom stereocenters. The summed E-state index contributed by atoms with van der Waals surface area (Å²) in [5.74, 6) is 0. The second-order valence-corrected chi connectivity index (χ2v) is 3.21. The molecule has 1 aromatic rings. The number of cyclic esters (lactones) is 2. The van der Waals surface area contributed by atoms with Crippen LogP contribution >= 0.6 is 0 Å². The molecule has 1 aliphatic heterocycles. The van der Waals surface area contributed by atoms with Crippen molar-refractivity contribution in [3.05, 3.63) is 55.0 Å². The fraction of sp³-hybridized carbons (Fsp3) is 0.167. The highest BCUT2D eigenvalue weighted by Crippen LogP contribution is 2.31. The average Bonchev–Trinajstić information content (AvgIpc) is 2.62. The van der Waals surface area contributed by atoms with E-state index in [2.05, 4.69) is 6.58 Å². The lowest BCUT2D eigenvalue weighted by Crippen LogP contribution is -2.14. The van der Waals surface area contributed by atoms with Crippen LogP contribution in [-0.2, 0) is 9.47 Å². The molecule has 2 atom stereocenters. The molecular formula is C12H11O3. The molecule has 3 nitrogen and oxygen atoms in total. The lowest BCUT2D eigenvalue weighted by molar-refractivity contribution is 0.117. The Hall–Kier alpha value is -1.77. The van der Waals surface area contributed by atoms with Gasteiger partial charge >= 0.3 is 6.16 Å². The van der Waals surface area contributed by atoms with E-state index >= 15 is 0 Å². The summed E-state index contributed by atoms with van der Waals surface area (Å²) in [5.41, 5.74) is 0.923. The Balaban J connectivity index is 2.20. The van der Waals surface area contributed by atoms with Gasteiger partial charge in [-0.15, -0.1) is 6.58 Å². The number of carbonyl (C=O) groups is 1. The smallest absolute Gasteiger partial charge is 0.426 e. The van der Waals surface area contributed by atoms with E-state index in [-0.39, 0.29) is 12.2 Å². The van der Waals surface area contributed by atoms with Gasteiger partial charge in [-0.1, -0.05) is 36.4 Å². The Morgan fingerprint density at radius 1 is 1.20 bits per heavy atom. The van der Waals surface area contributed by atoms with E-state index in [1.807, 2.05) is 30.3 Å². The summed E-state index contributed by atoms with van der Waals surface area (Å²) < 4.78 is 10.1. The van der Waals surface area contributed by atoms with Gasteiger partial charge in [0.2, 0.25) is 0 Å². The van der Waals surface area contributed by atoms with Crippen LogP contribution in [0.15, 0.2) is 43.0 Å². The molecule has 0 saturated carbocycles. The van der Waals surface area contributed by atoms with E-state index in [9.17, 15) is 4.79 Å². The van der Waals surface area contributed by atoms with Crippen LogP contribution in [-0.4, -0.2) is 12.3 Å². The van der Waals surface area contributed by atoms with Crippen LogP contribution in [0.25, 0.3) is 0 Å². The summed E-state index contributed by atoms with van der Waals surface area (Å²) in [6, 6.07) is 9.50. The maximum atomic E-state index is 11.0. The zero-order valence-corrected chi connectivity index (χ0v) is 8.13. The topological polar surface area (TPSA) is 35.5 Å². The SMILES string of the molecule is C=C[CH]C1OC(=O)OC1c1ccccc1. The number of rotatable bonds is 3. The monoisotopic (exact) mass is 203 g/mol. The van der Waals surface area contributed by atoms with Crippen LogP contribution in [0.4, 0.5) is 4.79 Å². The van der Waals surface area contributed by atoms with Crippen molar-refractivity contribution in [1.29, 1.82) is 0 Å². The van der Waals surface area contributed by atoms with Crippen molar-refractivity contribution < 1.29 is 14.3 Å². The Morgan fingerprint density at radius 2 is 1.93 bits per heavy atom. The fourth-order valence-corrected chi connectivity index (χ4v) is 1.55. The first-order valence-electron chi connectivity index (χ1n) is 4.69. The van der Waals surface area contributed by atoms with Gasteiger partial charge in [0.05, 0.1) is 0 Å². The molecule has 1 saturated heterocycles. The largest absolute Gasteiger partial charge is 0.509 e. The van der Waals surface area contributed by atoms with E-state index in [1.165, 1.54) is 0 Å². The van der Waals surface area contributed by atoms with Gasteiger partial charge < -0.3 is 9.47 Å². The summed E-state index contributed by atoms with van der Waals surface area (Å²) in [6.07, 6.45) is 1.94. The van der Waals surface area contributed by atoms with Gasteiger partial charge in [-0.05, 0) is 5.56 Å². The number of benzene rings is 1. The molecule has 2 rings (SSSR count). The number of hydrogen-bond acceptors (Lipinski definition) is 3. The molecule has 1 heterocycles. The highest BCUT2D eigenvalue weighted by atomic mass is 16.8. The van der Waals surface area contributed by atoms with Crippen LogP contribution in [0, 0.1) is 6.42 Å². The van der Waals surface area contributed by atoms with Gasteiger partial charge in [0.15, 0.2) is 12.2 Å². The minimum atomic E-state index is -0.632. The van der Waals surface area contributed by atoms with Crippen molar-refractivity contribution in [1.82, 2.24) is 0 Å². The minimum absolute atomic E-state index is 0.364. The van der Waals surface area contributed by atoms with E-state index in [1.54, 1.807) is 12.5 Å². The zero-order valence-electron chi connectivity index (χ0n) is 8.13. The molecule has 1 radical (unpaired) electrons. The Morgan fingerprint density at radius 3 is 2.60 bits per heavy atom. The molecule has 3 heteroatoms. The third kappa shape index (κ3) is 2.01. The van der Waals surface area contributed by atoms with Crippen LogP contribution in [0.5, 0.6) is 0 Å². The number of hydrogen-bond donors (Lipinski definition) is 0. The Labute approximate surface area is 88.3 Å². The van der Waals surface area contributed by atoms with Crippen LogP contribution in [0.2, 0.25) is 0 Å². The molecule has 0 N–H and O–H groups in total. The fourth-order valence-electron chi connectivity index (χ4n) is 1.55. The van der Waals surface area contributed by atoms with Crippen molar-refractivity contribution >= 4 is 6.16 Å². The molecule has 1 aromatic carbocycles. The summed E-state index contributed by atoms with van der Waals surface area (Å²) in [6.45, 7) is 3.57. The molecule has 0 spiro atoms. The van der Waals surface area contributed by atoms with Gasteiger partial charge in [-0.25, -0.2) is 4.79 Å². The average molecular weight is 203 g/mol. The lowest BCUT2D eigenvalue weighted by atomic mass is 10.0. The molecule has 0 aliphatic carbocycles. The summed E-state index contributed by atoms with van der Waals surface area (Å²) in [4.78, 5) is 11.0. The first-order chi connectivity index (χ1) is 7.31. The highest BCUT2D eigenvalue weighted by molar-refractivity contribution is 5.63. The first-order valence-corrected chi connectivity index (χ1v) is 4.69. The lowest BCUT2D eigenvalue weighted by Gasteiger charge is -2.13. The predicted molar refractivity (Wildman–Crippen MR) is 55.0 cm³/mol. The quantitative estimate of drug-likeness (QED) is 0.708. The molecule has 0 aromatic heterocycles. The Bertz CT molecular complexity index is 358.